The Bertz CT molecular complexity index is 417. The van der Waals surface area contributed by atoms with Crippen molar-refractivity contribution in [2.45, 2.75) is 116 Å². The molecule has 0 aliphatic heterocycles. The van der Waals surface area contributed by atoms with E-state index in [4.69, 9.17) is 5.11 Å². The summed E-state index contributed by atoms with van der Waals surface area (Å²) >= 11 is 0. The highest BCUT2D eigenvalue weighted by atomic mass is 16.4. The Morgan fingerprint density at radius 3 is 1.36 bits per heavy atom. The number of hydrogen-bond acceptors (Lipinski definition) is 1. The Balaban J connectivity index is 3.17. The number of carboxylic acids is 1. The van der Waals surface area contributed by atoms with Crippen LogP contribution in [0.25, 0.3) is 0 Å². The SMILES string of the molecule is CCCCCCCCCCC#CCCCCCCCCC#CC(=O)O. The van der Waals surface area contributed by atoms with Crippen molar-refractivity contribution in [3.8, 4) is 23.7 Å². The predicted molar refractivity (Wildman–Crippen MR) is 107 cm³/mol. The molecule has 0 radical (unpaired) electrons. The van der Waals surface area contributed by atoms with Gasteiger partial charge in [0.1, 0.15) is 0 Å². The van der Waals surface area contributed by atoms with Crippen LogP contribution in [0.2, 0.25) is 0 Å². The molecule has 0 heterocycles. The van der Waals surface area contributed by atoms with Crippen molar-refractivity contribution in [3.63, 3.8) is 0 Å². The van der Waals surface area contributed by atoms with Crippen LogP contribution in [-0.4, -0.2) is 11.1 Å². The minimum atomic E-state index is -1.02. The Morgan fingerprint density at radius 2 is 0.960 bits per heavy atom. The monoisotopic (exact) mass is 346 g/mol. The van der Waals surface area contributed by atoms with Gasteiger partial charge in [-0.15, -0.1) is 11.8 Å². The lowest BCUT2D eigenvalue weighted by atomic mass is 10.1. The van der Waals surface area contributed by atoms with E-state index >= 15 is 0 Å². The summed E-state index contributed by atoms with van der Waals surface area (Å²) in [6.45, 7) is 2.27. The summed E-state index contributed by atoms with van der Waals surface area (Å²) in [7, 11) is 0. The van der Waals surface area contributed by atoms with E-state index in [1.54, 1.807) is 0 Å². The van der Waals surface area contributed by atoms with Crippen LogP contribution in [-0.2, 0) is 4.79 Å². The van der Waals surface area contributed by atoms with E-state index in [1.807, 2.05) is 0 Å². The summed E-state index contributed by atoms with van der Waals surface area (Å²) in [5.41, 5.74) is 0. The maximum Gasteiger partial charge on any atom is 0.381 e. The topological polar surface area (TPSA) is 37.3 Å². The lowest BCUT2D eigenvalue weighted by molar-refractivity contribution is -0.130. The second-order valence-corrected chi connectivity index (χ2v) is 6.81. The number of carboxylic acid groups (broad SMARTS) is 1. The molecule has 0 aromatic rings. The molecular formula is C23H38O2. The summed E-state index contributed by atoms with van der Waals surface area (Å²) in [5, 5.41) is 8.38. The van der Waals surface area contributed by atoms with E-state index < -0.39 is 5.97 Å². The fourth-order valence-electron chi connectivity index (χ4n) is 2.80. The van der Waals surface area contributed by atoms with Gasteiger partial charge in [0.15, 0.2) is 0 Å². The third-order valence-corrected chi connectivity index (χ3v) is 4.33. The fourth-order valence-corrected chi connectivity index (χ4v) is 2.80. The van der Waals surface area contributed by atoms with Crippen molar-refractivity contribution in [2.75, 3.05) is 0 Å². The molecule has 0 fully saturated rings. The van der Waals surface area contributed by atoms with Gasteiger partial charge < -0.3 is 5.11 Å². The molecule has 0 saturated heterocycles. The molecule has 0 aromatic heterocycles. The van der Waals surface area contributed by atoms with E-state index in [9.17, 15) is 4.79 Å². The van der Waals surface area contributed by atoms with E-state index in [-0.39, 0.29) is 0 Å². The van der Waals surface area contributed by atoms with E-state index in [0.29, 0.717) is 6.42 Å². The van der Waals surface area contributed by atoms with E-state index in [2.05, 4.69) is 30.6 Å². The predicted octanol–water partition coefficient (Wildman–Crippen LogP) is 6.73. The minimum Gasteiger partial charge on any atom is -0.472 e. The molecule has 2 heteroatoms. The van der Waals surface area contributed by atoms with Crippen LogP contribution in [0.15, 0.2) is 0 Å². The van der Waals surface area contributed by atoms with Gasteiger partial charge in [-0.2, -0.15) is 0 Å². The molecule has 0 atom stereocenters. The molecule has 142 valence electrons. The number of aliphatic carboxylic acids is 1. The van der Waals surface area contributed by atoms with Crippen molar-refractivity contribution >= 4 is 5.97 Å². The molecule has 0 amide bonds. The molecule has 0 rings (SSSR count). The Hall–Kier alpha value is -1.41. The van der Waals surface area contributed by atoms with Crippen LogP contribution < -0.4 is 0 Å². The zero-order valence-corrected chi connectivity index (χ0v) is 16.4. The van der Waals surface area contributed by atoms with Gasteiger partial charge in [0.2, 0.25) is 0 Å². The summed E-state index contributed by atoms with van der Waals surface area (Å²) in [6, 6.07) is 0. The van der Waals surface area contributed by atoms with Crippen molar-refractivity contribution < 1.29 is 9.90 Å². The quantitative estimate of drug-likeness (QED) is 0.264. The molecule has 0 saturated carbocycles. The fraction of sp³-hybridized carbons (Fsp3) is 0.783. The first-order valence-corrected chi connectivity index (χ1v) is 10.4. The largest absolute Gasteiger partial charge is 0.472 e. The van der Waals surface area contributed by atoms with Gasteiger partial charge in [-0.25, -0.2) is 4.79 Å². The van der Waals surface area contributed by atoms with Crippen LogP contribution in [0.4, 0.5) is 0 Å². The molecule has 1 N–H and O–H groups in total. The van der Waals surface area contributed by atoms with E-state index in [0.717, 1.165) is 25.7 Å². The molecule has 2 nitrogen and oxygen atoms in total. The van der Waals surface area contributed by atoms with Crippen molar-refractivity contribution in [3.05, 3.63) is 0 Å². The molecule has 0 aromatic carbocycles. The highest BCUT2D eigenvalue weighted by Crippen LogP contribution is 2.10. The van der Waals surface area contributed by atoms with Crippen LogP contribution >= 0.6 is 0 Å². The molecule has 0 bridgehead atoms. The van der Waals surface area contributed by atoms with Gasteiger partial charge in [0, 0.05) is 25.2 Å². The van der Waals surface area contributed by atoms with Gasteiger partial charge in [0.05, 0.1) is 0 Å². The van der Waals surface area contributed by atoms with Gasteiger partial charge in [0.25, 0.3) is 0 Å². The normalized spacial score (nSPS) is 9.80. The maximum absolute atomic E-state index is 10.2. The zero-order chi connectivity index (χ0) is 18.4. The molecular weight excluding hydrogens is 308 g/mol. The standard InChI is InChI=1S/C23H38O2/c1-2-3-4-5-6-7-8-9-10-11-12-13-14-15-16-17-18-19-20-21-22-23(24)25/h2-10,13-20H2,1H3,(H,24,25). The molecule has 0 unspecified atom stereocenters. The Kier molecular flexibility index (Phi) is 19.5. The number of hydrogen-bond donors (Lipinski definition) is 1. The van der Waals surface area contributed by atoms with Gasteiger partial charge >= 0.3 is 5.97 Å². The summed E-state index contributed by atoms with van der Waals surface area (Å²) in [5.74, 6) is 10.4. The first kappa shape index (κ1) is 23.6. The maximum atomic E-state index is 10.2. The molecule has 0 aliphatic rings. The number of rotatable bonds is 15. The molecule has 0 aliphatic carbocycles. The van der Waals surface area contributed by atoms with Gasteiger partial charge in [-0.05, 0) is 19.3 Å². The van der Waals surface area contributed by atoms with Gasteiger partial charge in [-0.1, -0.05) is 83.5 Å². The van der Waals surface area contributed by atoms with Crippen molar-refractivity contribution in [1.29, 1.82) is 0 Å². The highest BCUT2D eigenvalue weighted by Gasteiger charge is 1.92. The lowest BCUT2D eigenvalue weighted by Crippen LogP contribution is -1.86. The van der Waals surface area contributed by atoms with Crippen LogP contribution in [0.1, 0.15) is 116 Å². The molecule has 25 heavy (non-hydrogen) atoms. The third-order valence-electron chi connectivity index (χ3n) is 4.33. The first-order chi connectivity index (χ1) is 12.3. The highest BCUT2D eigenvalue weighted by molar-refractivity contribution is 5.86. The summed E-state index contributed by atoms with van der Waals surface area (Å²) < 4.78 is 0. The number of unbranched alkanes of at least 4 members (excludes halogenated alkanes) is 15. The summed E-state index contributed by atoms with van der Waals surface area (Å²) in [4.78, 5) is 10.2. The van der Waals surface area contributed by atoms with E-state index in [1.165, 1.54) is 77.0 Å². The Labute approximate surface area is 156 Å². The average Bonchev–Trinajstić information content (AvgIpc) is 2.60. The third kappa shape index (κ3) is 22.6. The van der Waals surface area contributed by atoms with Crippen LogP contribution in [0, 0.1) is 23.7 Å². The van der Waals surface area contributed by atoms with Crippen molar-refractivity contribution in [2.24, 2.45) is 0 Å². The Morgan fingerprint density at radius 1 is 0.600 bits per heavy atom. The van der Waals surface area contributed by atoms with Crippen LogP contribution in [0.5, 0.6) is 0 Å². The number of carbonyl (C=O) groups is 1. The van der Waals surface area contributed by atoms with Crippen LogP contribution in [0.3, 0.4) is 0 Å². The summed E-state index contributed by atoms with van der Waals surface area (Å²) in [6.07, 6.45) is 20.9. The van der Waals surface area contributed by atoms with Crippen molar-refractivity contribution in [1.82, 2.24) is 0 Å². The van der Waals surface area contributed by atoms with Gasteiger partial charge in [-0.3, -0.25) is 0 Å². The second-order valence-electron chi connectivity index (χ2n) is 6.81. The first-order valence-electron chi connectivity index (χ1n) is 10.4. The minimum absolute atomic E-state index is 0.705. The zero-order valence-electron chi connectivity index (χ0n) is 16.4. The molecule has 0 spiro atoms. The smallest absolute Gasteiger partial charge is 0.381 e. The average molecular weight is 347 g/mol. The lowest BCUT2D eigenvalue weighted by Gasteiger charge is -1.99. The second kappa shape index (κ2) is 20.6.